The summed E-state index contributed by atoms with van der Waals surface area (Å²) in [5.74, 6) is 0.864. The Hall–Kier alpha value is -3.06. The maximum atomic E-state index is 12.1. The highest BCUT2D eigenvalue weighted by Gasteiger charge is 2.09. The van der Waals surface area contributed by atoms with Crippen molar-refractivity contribution in [3.8, 4) is 17.6 Å². The van der Waals surface area contributed by atoms with Gasteiger partial charge in [0, 0.05) is 11.1 Å². The van der Waals surface area contributed by atoms with E-state index in [4.69, 9.17) is 14.7 Å². The van der Waals surface area contributed by atoms with E-state index in [0.29, 0.717) is 22.6 Å². The summed E-state index contributed by atoms with van der Waals surface area (Å²) in [7, 11) is 1.52. The van der Waals surface area contributed by atoms with Crippen molar-refractivity contribution < 1.29 is 14.3 Å². The minimum atomic E-state index is -0.102. The van der Waals surface area contributed by atoms with Crippen LogP contribution in [0.2, 0.25) is 0 Å². The van der Waals surface area contributed by atoms with Crippen molar-refractivity contribution >= 4 is 11.9 Å². The van der Waals surface area contributed by atoms with E-state index in [2.05, 4.69) is 0 Å². The molecule has 0 aliphatic rings. The summed E-state index contributed by atoms with van der Waals surface area (Å²) in [6, 6.07) is 16.2. The molecule has 0 radical (unpaired) electrons. The van der Waals surface area contributed by atoms with Gasteiger partial charge in [-0.05, 0) is 18.2 Å². The fraction of sp³-hybridized carbons (Fsp3) is 0.111. The molecule has 22 heavy (non-hydrogen) atoms. The van der Waals surface area contributed by atoms with Crippen molar-refractivity contribution in [3.05, 3.63) is 65.7 Å². The molecule has 110 valence electrons. The van der Waals surface area contributed by atoms with Gasteiger partial charge in [-0.1, -0.05) is 42.5 Å². The zero-order valence-corrected chi connectivity index (χ0v) is 12.2. The molecule has 0 heterocycles. The maximum absolute atomic E-state index is 12.1. The number of hydrogen-bond acceptors (Lipinski definition) is 4. The normalized spacial score (nSPS) is 10.2. The Kier molecular flexibility index (Phi) is 5.33. The minimum Gasteiger partial charge on any atom is -0.493 e. The average Bonchev–Trinajstić information content (AvgIpc) is 2.58. The number of methoxy groups -OCH3 is 1. The van der Waals surface area contributed by atoms with Crippen molar-refractivity contribution in [1.82, 2.24) is 0 Å². The van der Waals surface area contributed by atoms with Gasteiger partial charge in [-0.25, -0.2) is 0 Å². The Morgan fingerprint density at radius 2 is 1.95 bits per heavy atom. The largest absolute Gasteiger partial charge is 0.493 e. The first kappa shape index (κ1) is 15.3. The molecule has 2 rings (SSSR count). The van der Waals surface area contributed by atoms with Gasteiger partial charge in [-0.2, -0.15) is 5.26 Å². The summed E-state index contributed by atoms with van der Waals surface area (Å²) in [5, 5.41) is 8.66. The summed E-state index contributed by atoms with van der Waals surface area (Å²) in [6.07, 6.45) is 3.13. The van der Waals surface area contributed by atoms with Gasteiger partial charge in [0.1, 0.15) is 6.07 Å². The monoisotopic (exact) mass is 293 g/mol. The second kappa shape index (κ2) is 7.65. The lowest BCUT2D eigenvalue weighted by atomic mass is 10.1. The fourth-order valence-corrected chi connectivity index (χ4v) is 1.95. The number of nitriles is 1. The SMILES string of the molecule is COc1cccc(/C=C/C(=O)c2ccccc2)c1OCC#N. The van der Waals surface area contributed by atoms with Crippen LogP contribution in [0.25, 0.3) is 6.08 Å². The Labute approximate surface area is 129 Å². The zero-order valence-electron chi connectivity index (χ0n) is 12.2. The molecule has 0 N–H and O–H groups in total. The number of nitrogens with zero attached hydrogens (tertiary/aromatic N) is 1. The van der Waals surface area contributed by atoms with Crippen LogP contribution >= 0.6 is 0 Å². The minimum absolute atomic E-state index is 0.0894. The molecule has 0 fully saturated rings. The van der Waals surface area contributed by atoms with E-state index in [1.165, 1.54) is 13.2 Å². The van der Waals surface area contributed by atoms with E-state index in [1.54, 1.807) is 36.4 Å². The summed E-state index contributed by atoms with van der Waals surface area (Å²) in [4.78, 5) is 12.1. The number of allylic oxidation sites excluding steroid dienone is 1. The maximum Gasteiger partial charge on any atom is 0.185 e. The number of para-hydroxylation sites is 1. The quantitative estimate of drug-likeness (QED) is 0.604. The van der Waals surface area contributed by atoms with Crippen LogP contribution in [0.5, 0.6) is 11.5 Å². The van der Waals surface area contributed by atoms with E-state index in [-0.39, 0.29) is 12.4 Å². The van der Waals surface area contributed by atoms with Gasteiger partial charge in [0.05, 0.1) is 7.11 Å². The summed E-state index contributed by atoms with van der Waals surface area (Å²) in [5.41, 5.74) is 1.29. The molecule has 0 bridgehead atoms. The lowest BCUT2D eigenvalue weighted by Crippen LogP contribution is -1.99. The second-order valence-corrected chi connectivity index (χ2v) is 4.39. The number of ketones is 1. The van der Waals surface area contributed by atoms with Crippen molar-refractivity contribution in [3.63, 3.8) is 0 Å². The summed E-state index contributed by atoms with van der Waals surface area (Å²) in [6.45, 7) is -0.0894. The molecule has 0 atom stereocenters. The predicted octanol–water partition coefficient (Wildman–Crippen LogP) is 3.49. The average molecular weight is 293 g/mol. The molecular weight excluding hydrogens is 278 g/mol. The first-order valence-corrected chi connectivity index (χ1v) is 6.70. The highest BCUT2D eigenvalue weighted by atomic mass is 16.5. The molecule has 2 aromatic carbocycles. The van der Waals surface area contributed by atoms with E-state index in [1.807, 2.05) is 24.3 Å². The Morgan fingerprint density at radius 3 is 2.64 bits per heavy atom. The van der Waals surface area contributed by atoms with Gasteiger partial charge in [0.15, 0.2) is 23.9 Å². The molecule has 4 nitrogen and oxygen atoms in total. The first-order chi connectivity index (χ1) is 10.8. The van der Waals surface area contributed by atoms with Crippen LogP contribution in [0.3, 0.4) is 0 Å². The first-order valence-electron chi connectivity index (χ1n) is 6.70. The molecule has 0 aliphatic carbocycles. The Balaban J connectivity index is 2.27. The van der Waals surface area contributed by atoms with E-state index >= 15 is 0 Å². The molecular formula is C18H15NO3. The molecule has 0 aromatic heterocycles. The van der Waals surface area contributed by atoms with Gasteiger partial charge < -0.3 is 9.47 Å². The molecule has 4 heteroatoms. The Bertz CT molecular complexity index is 715. The van der Waals surface area contributed by atoms with Crippen LogP contribution in [0.15, 0.2) is 54.6 Å². The lowest BCUT2D eigenvalue weighted by Gasteiger charge is -2.10. The van der Waals surface area contributed by atoms with Crippen molar-refractivity contribution in [2.75, 3.05) is 13.7 Å². The van der Waals surface area contributed by atoms with Crippen LogP contribution in [0, 0.1) is 11.3 Å². The van der Waals surface area contributed by atoms with Crippen LogP contribution in [-0.4, -0.2) is 19.5 Å². The number of carbonyl (C=O) groups excluding carboxylic acids is 1. The standard InChI is InChI=1S/C18H15NO3/c1-21-17-9-5-8-15(18(17)22-13-12-19)10-11-16(20)14-6-3-2-4-7-14/h2-11H,13H2,1H3/b11-10+. The van der Waals surface area contributed by atoms with Gasteiger partial charge in [-0.15, -0.1) is 0 Å². The molecule has 0 saturated carbocycles. The van der Waals surface area contributed by atoms with E-state index in [0.717, 1.165) is 0 Å². The van der Waals surface area contributed by atoms with Crippen LogP contribution in [0.1, 0.15) is 15.9 Å². The third kappa shape index (κ3) is 3.74. The smallest absolute Gasteiger partial charge is 0.185 e. The van der Waals surface area contributed by atoms with Gasteiger partial charge in [-0.3, -0.25) is 4.79 Å². The lowest BCUT2D eigenvalue weighted by molar-refractivity contribution is 0.104. The van der Waals surface area contributed by atoms with Crippen molar-refractivity contribution in [2.24, 2.45) is 0 Å². The topological polar surface area (TPSA) is 59.3 Å². The van der Waals surface area contributed by atoms with Gasteiger partial charge in [0.25, 0.3) is 0 Å². The number of rotatable bonds is 6. The molecule has 0 aliphatic heterocycles. The summed E-state index contributed by atoms with van der Waals surface area (Å²) < 4.78 is 10.6. The molecule has 0 amide bonds. The van der Waals surface area contributed by atoms with E-state index < -0.39 is 0 Å². The third-order valence-corrected chi connectivity index (χ3v) is 2.98. The third-order valence-electron chi connectivity index (χ3n) is 2.98. The molecule has 2 aromatic rings. The second-order valence-electron chi connectivity index (χ2n) is 4.39. The highest BCUT2D eigenvalue weighted by molar-refractivity contribution is 6.06. The molecule has 0 saturated heterocycles. The van der Waals surface area contributed by atoms with Crippen LogP contribution in [0.4, 0.5) is 0 Å². The van der Waals surface area contributed by atoms with E-state index in [9.17, 15) is 4.79 Å². The van der Waals surface area contributed by atoms with Crippen LogP contribution in [-0.2, 0) is 0 Å². The van der Waals surface area contributed by atoms with Crippen molar-refractivity contribution in [1.29, 1.82) is 5.26 Å². The van der Waals surface area contributed by atoms with Crippen molar-refractivity contribution in [2.45, 2.75) is 0 Å². The number of ether oxygens (including phenoxy) is 2. The molecule has 0 spiro atoms. The predicted molar refractivity (Wildman–Crippen MR) is 83.9 cm³/mol. The van der Waals surface area contributed by atoms with Gasteiger partial charge in [0.2, 0.25) is 0 Å². The Morgan fingerprint density at radius 1 is 1.18 bits per heavy atom. The number of benzene rings is 2. The summed E-state index contributed by atoms with van der Waals surface area (Å²) >= 11 is 0. The van der Waals surface area contributed by atoms with Crippen LogP contribution < -0.4 is 9.47 Å². The highest BCUT2D eigenvalue weighted by Crippen LogP contribution is 2.32. The molecule has 0 unspecified atom stereocenters. The number of carbonyl (C=O) groups is 1. The fourth-order valence-electron chi connectivity index (χ4n) is 1.95. The zero-order chi connectivity index (χ0) is 15.8. The number of hydrogen-bond donors (Lipinski definition) is 0. The van der Waals surface area contributed by atoms with Gasteiger partial charge >= 0.3 is 0 Å².